The van der Waals surface area contributed by atoms with Crippen molar-refractivity contribution in [1.29, 1.82) is 0 Å². The van der Waals surface area contributed by atoms with Crippen molar-refractivity contribution < 1.29 is 24.2 Å². The monoisotopic (exact) mass is 403 g/mol. The number of nitrogens with zero attached hydrogens (tertiary/aromatic N) is 2. The first-order valence-corrected chi connectivity index (χ1v) is 8.54. The third-order valence-electron chi connectivity index (χ3n) is 3.93. The van der Waals surface area contributed by atoms with Crippen LogP contribution in [0.25, 0.3) is 5.69 Å². The molecule has 0 aliphatic heterocycles. The Morgan fingerprint density at radius 2 is 1.89 bits per heavy atom. The number of amides is 1. The molecule has 0 radical (unpaired) electrons. The highest BCUT2D eigenvalue weighted by molar-refractivity contribution is 6.30. The Hall–Kier alpha value is -3.39. The fourth-order valence-corrected chi connectivity index (χ4v) is 2.76. The first kappa shape index (κ1) is 19.4. The standard InChI is InChI=1S/C19H15ClFN3O4/c20-12-6-4-11(5-7-12)15(10-18(26)27)22-19(28)16-9-17(25)24(23-16)14-3-1-2-13(21)8-14/h1-9,15,25H,10H2,(H,22,28)(H,26,27)/t15-/m0/s1. The molecule has 7 nitrogen and oxygen atoms in total. The Balaban J connectivity index is 1.85. The predicted octanol–water partition coefficient (Wildman–Crippen LogP) is 3.32. The minimum absolute atomic E-state index is 0.147. The summed E-state index contributed by atoms with van der Waals surface area (Å²) in [6, 6.07) is 12.0. The molecule has 1 aromatic heterocycles. The van der Waals surface area contributed by atoms with Crippen molar-refractivity contribution in [3.8, 4) is 11.6 Å². The number of nitrogens with one attached hydrogen (secondary N) is 1. The molecule has 3 N–H and O–H groups in total. The number of carbonyl (C=O) groups excluding carboxylic acids is 1. The summed E-state index contributed by atoms with van der Waals surface area (Å²) < 4.78 is 14.4. The highest BCUT2D eigenvalue weighted by Crippen LogP contribution is 2.22. The van der Waals surface area contributed by atoms with E-state index in [1.54, 1.807) is 24.3 Å². The molecule has 0 saturated heterocycles. The average molecular weight is 404 g/mol. The second-order valence-electron chi connectivity index (χ2n) is 5.95. The van der Waals surface area contributed by atoms with Crippen LogP contribution in [0.2, 0.25) is 5.02 Å². The van der Waals surface area contributed by atoms with Crippen molar-refractivity contribution in [2.24, 2.45) is 0 Å². The van der Waals surface area contributed by atoms with Gasteiger partial charge in [0, 0.05) is 11.1 Å². The topological polar surface area (TPSA) is 104 Å². The molecule has 0 unspecified atom stereocenters. The van der Waals surface area contributed by atoms with Gasteiger partial charge >= 0.3 is 5.97 Å². The number of hydrogen-bond donors (Lipinski definition) is 3. The minimum Gasteiger partial charge on any atom is -0.493 e. The number of halogens is 2. The van der Waals surface area contributed by atoms with Crippen LogP contribution in [0.3, 0.4) is 0 Å². The molecular weight excluding hydrogens is 389 g/mol. The number of aromatic hydroxyl groups is 1. The molecule has 0 saturated carbocycles. The van der Waals surface area contributed by atoms with Gasteiger partial charge in [-0.3, -0.25) is 9.59 Å². The Bertz CT molecular complexity index is 1020. The van der Waals surface area contributed by atoms with Crippen molar-refractivity contribution in [1.82, 2.24) is 15.1 Å². The molecule has 0 bridgehead atoms. The molecule has 0 spiro atoms. The maximum Gasteiger partial charge on any atom is 0.305 e. The van der Waals surface area contributed by atoms with Crippen LogP contribution >= 0.6 is 11.6 Å². The number of benzene rings is 2. The van der Waals surface area contributed by atoms with E-state index in [1.807, 2.05) is 0 Å². The van der Waals surface area contributed by atoms with Gasteiger partial charge in [-0.25, -0.2) is 9.07 Å². The lowest BCUT2D eigenvalue weighted by molar-refractivity contribution is -0.137. The molecule has 0 aliphatic rings. The zero-order chi connectivity index (χ0) is 20.3. The summed E-state index contributed by atoms with van der Waals surface area (Å²) in [4.78, 5) is 23.7. The molecule has 28 heavy (non-hydrogen) atoms. The van der Waals surface area contributed by atoms with Gasteiger partial charge in [-0.2, -0.15) is 5.10 Å². The summed E-state index contributed by atoms with van der Waals surface area (Å²) in [7, 11) is 0. The molecule has 144 valence electrons. The molecule has 1 amide bonds. The predicted molar refractivity (Wildman–Crippen MR) is 99.1 cm³/mol. The van der Waals surface area contributed by atoms with E-state index in [0.29, 0.717) is 10.6 Å². The molecule has 1 atom stereocenters. The molecule has 0 fully saturated rings. The van der Waals surface area contributed by atoms with Gasteiger partial charge in [-0.1, -0.05) is 29.8 Å². The Labute approximate surface area is 164 Å². The van der Waals surface area contributed by atoms with E-state index in [-0.39, 0.29) is 23.7 Å². The van der Waals surface area contributed by atoms with Crippen LogP contribution in [0, 0.1) is 5.82 Å². The van der Waals surface area contributed by atoms with Crippen molar-refractivity contribution >= 4 is 23.5 Å². The van der Waals surface area contributed by atoms with E-state index in [4.69, 9.17) is 16.7 Å². The van der Waals surface area contributed by atoms with E-state index in [2.05, 4.69) is 10.4 Å². The Kier molecular flexibility index (Phi) is 5.60. The number of hydrogen-bond acceptors (Lipinski definition) is 4. The summed E-state index contributed by atoms with van der Waals surface area (Å²) >= 11 is 5.84. The maximum absolute atomic E-state index is 13.4. The van der Waals surface area contributed by atoms with Gasteiger partial charge in [0.15, 0.2) is 5.69 Å². The quantitative estimate of drug-likeness (QED) is 0.585. The second-order valence-corrected chi connectivity index (χ2v) is 6.39. The highest BCUT2D eigenvalue weighted by Gasteiger charge is 2.22. The molecule has 0 aliphatic carbocycles. The maximum atomic E-state index is 13.4. The Morgan fingerprint density at radius 3 is 2.54 bits per heavy atom. The van der Waals surface area contributed by atoms with Crippen LogP contribution in [0.4, 0.5) is 4.39 Å². The summed E-state index contributed by atoms with van der Waals surface area (Å²) in [6.07, 6.45) is -0.357. The third-order valence-corrected chi connectivity index (χ3v) is 4.18. The average Bonchev–Trinajstić information content (AvgIpc) is 3.03. The number of carboxylic acids is 1. The van der Waals surface area contributed by atoms with Gasteiger partial charge in [0.1, 0.15) is 5.82 Å². The van der Waals surface area contributed by atoms with E-state index in [1.165, 1.54) is 18.2 Å². The molecule has 9 heteroatoms. The number of aromatic nitrogens is 2. The summed E-state index contributed by atoms with van der Waals surface area (Å²) in [5, 5.41) is 26.2. The molecule has 3 aromatic rings. The number of aliphatic carboxylic acids is 1. The first-order chi connectivity index (χ1) is 13.3. The SMILES string of the molecule is O=C(O)C[C@H](NC(=O)c1cc(O)n(-c2cccc(F)c2)n1)c1ccc(Cl)cc1. The van der Waals surface area contributed by atoms with Gasteiger partial charge in [-0.05, 0) is 35.9 Å². The lowest BCUT2D eigenvalue weighted by Gasteiger charge is -2.16. The van der Waals surface area contributed by atoms with Crippen LogP contribution in [-0.2, 0) is 4.79 Å². The van der Waals surface area contributed by atoms with Crippen LogP contribution in [-0.4, -0.2) is 31.9 Å². The summed E-state index contributed by atoms with van der Waals surface area (Å²) in [6.45, 7) is 0. The normalized spacial score (nSPS) is 11.8. The summed E-state index contributed by atoms with van der Waals surface area (Å²) in [5.41, 5.74) is 0.636. The number of rotatable bonds is 6. The van der Waals surface area contributed by atoms with E-state index < -0.39 is 23.7 Å². The lowest BCUT2D eigenvalue weighted by Crippen LogP contribution is -2.30. The van der Waals surface area contributed by atoms with E-state index in [0.717, 1.165) is 16.8 Å². The van der Waals surface area contributed by atoms with Crippen LogP contribution in [0.15, 0.2) is 54.6 Å². The van der Waals surface area contributed by atoms with Crippen LogP contribution in [0.5, 0.6) is 5.88 Å². The highest BCUT2D eigenvalue weighted by atomic mass is 35.5. The van der Waals surface area contributed by atoms with E-state index in [9.17, 15) is 19.1 Å². The van der Waals surface area contributed by atoms with Gasteiger partial charge < -0.3 is 15.5 Å². The molecule has 3 rings (SSSR count). The lowest BCUT2D eigenvalue weighted by atomic mass is 10.0. The minimum atomic E-state index is -1.10. The van der Waals surface area contributed by atoms with Gasteiger partial charge in [-0.15, -0.1) is 0 Å². The van der Waals surface area contributed by atoms with E-state index >= 15 is 0 Å². The first-order valence-electron chi connectivity index (χ1n) is 8.16. The fraction of sp³-hybridized carbons (Fsp3) is 0.105. The number of carbonyl (C=O) groups is 2. The third kappa shape index (κ3) is 4.47. The van der Waals surface area contributed by atoms with Crippen molar-refractivity contribution in [3.05, 3.63) is 76.7 Å². The number of carboxylic acid groups (broad SMARTS) is 1. The van der Waals surface area contributed by atoms with Crippen molar-refractivity contribution in [2.75, 3.05) is 0 Å². The van der Waals surface area contributed by atoms with Crippen LogP contribution < -0.4 is 5.32 Å². The molecular formula is C19H15ClFN3O4. The smallest absolute Gasteiger partial charge is 0.305 e. The summed E-state index contributed by atoms with van der Waals surface area (Å²) in [5.74, 6) is -2.68. The van der Waals surface area contributed by atoms with Gasteiger partial charge in [0.2, 0.25) is 5.88 Å². The fourth-order valence-electron chi connectivity index (χ4n) is 2.63. The van der Waals surface area contributed by atoms with Gasteiger partial charge in [0.05, 0.1) is 18.2 Å². The van der Waals surface area contributed by atoms with Crippen LogP contribution in [0.1, 0.15) is 28.5 Å². The molecule has 1 heterocycles. The second kappa shape index (κ2) is 8.10. The zero-order valence-corrected chi connectivity index (χ0v) is 15.1. The largest absolute Gasteiger partial charge is 0.493 e. The van der Waals surface area contributed by atoms with Gasteiger partial charge in [0.25, 0.3) is 5.91 Å². The van der Waals surface area contributed by atoms with Crippen molar-refractivity contribution in [2.45, 2.75) is 12.5 Å². The van der Waals surface area contributed by atoms with Crippen molar-refractivity contribution in [3.63, 3.8) is 0 Å². The Morgan fingerprint density at radius 1 is 1.18 bits per heavy atom. The molecule has 2 aromatic carbocycles. The zero-order valence-electron chi connectivity index (χ0n) is 14.3.